The molecule has 0 radical (unpaired) electrons. The molecule has 0 spiro atoms. The first-order chi connectivity index (χ1) is 9.66. The third kappa shape index (κ3) is 2.37. The van der Waals surface area contributed by atoms with E-state index in [1.54, 1.807) is 4.68 Å². The van der Waals surface area contributed by atoms with Gasteiger partial charge in [-0.2, -0.15) is 5.10 Å². The first-order valence-electron chi connectivity index (χ1n) is 7.51. The van der Waals surface area contributed by atoms with E-state index in [0.717, 1.165) is 42.6 Å². The second-order valence-corrected chi connectivity index (χ2v) is 5.87. The minimum atomic E-state index is -0.900. The van der Waals surface area contributed by atoms with Crippen molar-refractivity contribution in [2.24, 2.45) is 0 Å². The molecule has 1 aromatic heterocycles. The average Bonchev–Trinajstić information content (AvgIpc) is 2.79. The summed E-state index contributed by atoms with van der Waals surface area (Å²) >= 11 is 0. The topological polar surface area (TPSA) is 72.2 Å². The Kier molecular flexibility index (Phi) is 3.59. The zero-order valence-corrected chi connectivity index (χ0v) is 11.6. The molecular weight excluding hydrogens is 256 g/mol. The number of fused-ring (bicyclic) bond motifs is 1. The van der Waals surface area contributed by atoms with Gasteiger partial charge in [-0.1, -0.05) is 19.3 Å². The number of carboxylic acid groups (broad SMARTS) is 1. The monoisotopic (exact) mass is 276 g/mol. The maximum atomic E-state index is 12.2. The summed E-state index contributed by atoms with van der Waals surface area (Å²) in [5, 5.41) is 13.5. The van der Waals surface area contributed by atoms with Gasteiger partial charge >= 0.3 is 5.97 Å². The summed E-state index contributed by atoms with van der Waals surface area (Å²) in [5.41, 5.74) is 2.49. The highest BCUT2D eigenvalue weighted by atomic mass is 16.4. The maximum absolute atomic E-state index is 12.2. The third-order valence-corrected chi connectivity index (χ3v) is 4.46. The lowest BCUT2D eigenvalue weighted by Crippen LogP contribution is -2.17. The van der Waals surface area contributed by atoms with Crippen LogP contribution in [0.5, 0.6) is 0 Å². The minimum Gasteiger partial charge on any atom is -0.480 e. The van der Waals surface area contributed by atoms with Crippen LogP contribution in [0.15, 0.2) is 0 Å². The summed E-state index contributed by atoms with van der Waals surface area (Å²) < 4.78 is 1.55. The molecule has 3 rings (SSSR count). The van der Waals surface area contributed by atoms with Gasteiger partial charge in [0, 0.05) is 12.3 Å². The van der Waals surface area contributed by atoms with Gasteiger partial charge in [-0.05, 0) is 25.7 Å². The van der Waals surface area contributed by atoms with Crippen molar-refractivity contribution in [1.29, 1.82) is 0 Å². The molecule has 0 aliphatic heterocycles. The molecule has 20 heavy (non-hydrogen) atoms. The molecule has 1 fully saturated rings. The van der Waals surface area contributed by atoms with Crippen molar-refractivity contribution in [3.05, 3.63) is 17.0 Å². The van der Waals surface area contributed by atoms with Crippen molar-refractivity contribution < 1.29 is 14.7 Å². The van der Waals surface area contributed by atoms with Gasteiger partial charge in [-0.3, -0.25) is 14.3 Å². The molecule has 2 aliphatic carbocycles. The van der Waals surface area contributed by atoms with Crippen molar-refractivity contribution in [3.63, 3.8) is 0 Å². The zero-order chi connectivity index (χ0) is 14.1. The molecule has 2 aliphatic rings. The molecule has 0 aromatic carbocycles. The van der Waals surface area contributed by atoms with Gasteiger partial charge < -0.3 is 5.11 Å². The summed E-state index contributed by atoms with van der Waals surface area (Å²) in [6.07, 6.45) is 7.91. The maximum Gasteiger partial charge on any atom is 0.325 e. The lowest BCUT2D eigenvalue weighted by molar-refractivity contribution is -0.137. The van der Waals surface area contributed by atoms with E-state index >= 15 is 0 Å². The Morgan fingerprint density at radius 1 is 1.20 bits per heavy atom. The molecule has 1 saturated carbocycles. The van der Waals surface area contributed by atoms with Gasteiger partial charge in [0.2, 0.25) is 0 Å². The van der Waals surface area contributed by atoms with Crippen LogP contribution in [0.1, 0.15) is 72.6 Å². The van der Waals surface area contributed by atoms with Crippen molar-refractivity contribution in [2.45, 2.75) is 63.8 Å². The van der Waals surface area contributed by atoms with Crippen LogP contribution >= 0.6 is 0 Å². The van der Waals surface area contributed by atoms with Gasteiger partial charge in [-0.25, -0.2) is 0 Å². The second kappa shape index (κ2) is 5.38. The number of carbonyl (C=O) groups excluding carboxylic acids is 1. The molecule has 1 aromatic rings. The highest BCUT2D eigenvalue weighted by Gasteiger charge is 2.31. The van der Waals surface area contributed by atoms with Crippen LogP contribution in [-0.2, 0) is 17.8 Å². The Morgan fingerprint density at radius 2 is 1.95 bits per heavy atom. The van der Waals surface area contributed by atoms with Crippen LogP contribution in [0.3, 0.4) is 0 Å². The normalized spacial score (nSPS) is 19.9. The number of hydrogen-bond acceptors (Lipinski definition) is 3. The molecule has 1 N–H and O–H groups in total. The lowest BCUT2D eigenvalue weighted by Gasteiger charge is -2.21. The quantitative estimate of drug-likeness (QED) is 0.920. The Hall–Kier alpha value is -1.65. The van der Waals surface area contributed by atoms with Crippen LogP contribution < -0.4 is 0 Å². The zero-order valence-electron chi connectivity index (χ0n) is 11.6. The lowest BCUT2D eigenvalue weighted by atomic mass is 9.82. The molecule has 5 heteroatoms. The number of aromatic nitrogens is 2. The van der Waals surface area contributed by atoms with E-state index in [-0.39, 0.29) is 12.3 Å². The van der Waals surface area contributed by atoms with E-state index in [0.29, 0.717) is 12.3 Å². The van der Waals surface area contributed by atoms with E-state index < -0.39 is 5.97 Å². The van der Waals surface area contributed by atoms with Gasteiger partial charge in [0.15, 0.2) is 5.78 Å². The van der Waals surface area contributed by atoms with E-state index in [4.69, 9.17) is 5.11 Å². The molecule has 0 amide bonds. The summed E-state index contributed by atoms with van der Waals surface area (Å²) in [7, 11) is 0. The highest BCUT2D eigenvalue weighted by molar-refractivity contribution is 5.99. The highest BCUT2D eigenvalue weighted by Crippen LogP contribution is 2.37. The van der Waals surface area contributed by atoms with Crippen molar-refractivity contribution in [2.75, 3.05) is 0 Å². The number of carbonyl (C=O) groups is 2. The summed E-state index contributed by atoms with van der Waals surface area (Å²) in [6.45, 7) is -0.137. The number of nitrogens with zero attached hydrogens (tertiary/aromatic N) is 2. The van der Waals surface area contributed by atoms with Crippen LogP contribution in [0, 0.1) is 0 Å². The number of Topliss-reactive ketones (excluding diaryl/α,β-unsaturated/α-hetero) is 1. The average molecular weight is 276 g/mol. The van der Waals surface area contributed by atoms with Crippen LogP contribution in [0.25, 0.3) is 0 Å². The summed E-state index contributed by atoms with van der Waals surface area (Å²) in [6, 6.07) is 0. The second-order valence-electron chi connectivity index (χ2n) is 5.87. The Morgan fingerprint density at radius 3 is 2.65 bits per heavy atom. The Bertz CT molecular complexity index is 542. The largest absolute Gasteiger partial charge is 0.480 e. The molecule has 0 bridgehead atoms. The van der Waals surface area contributed by atoms with Crippen LogP contribution in [0.2, 0.25) is 0 Å². The SMILES string of the molecule is O=C(O)Cn1nc(C2CCCCC2)c2c1CCCC2=O. The Labute approximate surface area is 118 Å². The Balaban J connectivity index is 2.01. The minimum absolute atomic E-state index is 0.137. The molecule has 5 nitrogen and oxygen atoms in total. The van der Waals surface area contributed by atoms with Crippen LogP contribution in [-0.4, -0.2) is 26.6 Å². The molecular formula is C15H20N2O3. The third-order valence-electron chi connectivity index (χ3n) is 4.46. The summed E-state index contributed by atoms with van der Waals surface area (Å²) in [4.78, 5) is 23.2. The van der Waals surface area contributed by atoms with E-state index in [1.165, 1.54) is 19.3 Å². The van der Waals surface area contributed by atoms with E-state index in [9.17, 15) is 9.59 Å². The first kappa shape index (κ1) is 13.3. The number of ketones is 1. The van der Waals surface area contributed by atoms with Crippen molar-refractivity contribution in [3.8, 4) is 0 Å². The van der Waals surface area contributed by atoms with Gasteiger partial charge in [0.05, 0.1) is 17.0 Å². The first-order valence-corrected chi connectivity index (χ1v) is 7.51. The van der Waals surface area contributed by atoms with Gasteiger partial charge in [0.1, 0.15) is 6.54 Å². The smallest absolute Gasteiger partial charge is 0.325 e. The van der Waals surface area contributed by atoms with Crippen molar-refractivity contribution in [1.82, 2.24) is 9.78 Å². The molecule has 0 saturated heterocycles. The number of hydrogen-bond donors (Lipinski definition) is 1. The fourth-order valence-electron chi connectivity index (χ4n) is 3.54. The van der Waals surface area contributed by atoms with E-state index in [2.05, 4.69) is 5.10 Å². The van der Waals surface area contributed by atoms with Crippen molar-refractivity contribution >= 4 is 11.8 Å². The van der Waals surface area contributed by atoms with Gasteiger partial charge in [0.25, 0.3) is 0 Å². The predicted molar refractivity (Wildman–Crippen MR) is 73.0 cm³/mol. The predicted octanol–water partition coefficient (Wildman–Crippen LogP) is 2.53. The molecule has 0 atom stereocenters. The number of aliphatic carboxylic acids is 1. The fraction of sp³-hybridized carbons (Fsp3) is 0.667. The molecule has 108 valence electrons. The molecule has 0 unspecified atom stereocenters. The standard InChI is InChI=1S/C15H20N2O3/c18-12-8-4-7-11-14(12)15(10-5-2-1-3-6-10)16-17(11)9-13(19)20/h10H,1-9H2,(H,19,20). The van der Waals surface area contributed by atoms with E-state index in [1.807, 2.05) is 0 Å². The number of rotatable bonds is 3. The molecule has 1 heterocycles. The summed E-state index contributed by atoms with van der Waals surface area (Å²) in [5.74, 6) is -0.401. The number of carboxylic acids is 1. The fourth-order valence-corrected chi connectivity index (χ4v) is 3.54. The van der Waals surface area contributed by atoms with Gasteiger partial charge in [-0.15, -0.1) is 0 Å². The van der Waals surface area contributed by atoms with Crippen LogP contribution in [0.4, 0.5) is 0 Å².